The number of carbonyl (C=O) groups is 1. The van der Waals surface area contributed by atoms with Gasteiger partial charge in [-0.15, -0.1) is 0 Å². The second kappa shape index (κ2) is 8.86. The highest BCUT2D eigenvalue weighted by atomic mass is 35.5. The van der Waals surface area contributed by atoms with Crippen LogP contribution >= 0.6 is 11.6 Å². The van der Waals surface area contributed by atoms with Crippen LogP contribution in [0.2, 0.25) is 5.02 Å². The first-order valence-electron chi connectivity index (χ1n) is 8.96. The van der Waals surface area contributed by atoms with E-state index in [1.807, 2.05) is 36.4 Å². The molecule has 4 nitrogen and oxygen atoms in total. The predicted octanol–water partition coefficient (Wildman–Crippen LogP) is 4.45. The van der Waals surface area contributed by atoms with Crippen LogP contribution in [-0.4, -0.2) is 23.5 Å². The van der Waals surface area contributed by atoms with Gasteiger partial charge in [-0.05, 0) is 49.1 Å². The van der Waals surface area contributed by atoms with Gasteiger partial charge in [0.15, 0.2) is 0 Å². The van der Waals surface area contributed by atoms with Crippen LogP contribution in [0.4, 0.5) is 5.69 Å². The molecule has 0 radical (unpaired) electrons. The van der Waals surface area contributed by atoms with Crippen molar-refractivity contribution in [3.8, 4) is 0 Å². The zero-order valence-corrected chi connectivity index (χ0v) is 15.1. The third kappa shape index (κ3) is 5.46. The Balaban J connectivity index is 1.52. The van der Waals surface area contributed by atoms with Crippen LogP contribution < -0.4 is 10.6 Å². The Morgan fingerprint density at radius 1 is 1.16 bits per heavy atom. The summed E-state index contributed by atoms with van der Waals surface area (Å²) in [6.07, 6.45) is 8.71. The van der Waals surface area contributed by atoms with Crippen LogP contribution in [0.25, 0.3) is 0 Å². The lowest BCUT2D eigenvalue weighted by Gasteiger charge is -2.23. The highest BCUT2D eigenvalue weighted by molar-refractivity contribution is 6.30. The fraction of sp³-hybridized carbons (Fsp3) is 0.400. The number of hydrogen-bond acceptors (Lipinski definition) is 3. The third-order valence-corrected chi connectivity index (χ3v) is 4.79. The van der Waals surface area contributed by atoms with Crippen LogP contribution in [0, 0.1) is 0 Å². The lowest BCUT2D eigenvalue weighted by molar-refractivity contribution is 0.0949. The predicted molar refractivity (Wildman–Crippen MR) is 102 cm³/mol. The Morgan fingerprint density at radius 3 is 2.80 bits per heavy atom. The molecule has 25 heavy (non-hydrogen) atoms. The number of anilines is 1. The molecular weight excluding hydrogens is 334 g/mol. The molecule has 2 N–H and O–H groups in total. The van der Waals surface area contributed by atoms with E-state index in [0.29, 0.717) is 23.3 Å². The Kier molecular flexibility index (Phi) is 6.29. The van der Waals surface area contributed by atoms with Gasteiger partial charge >= 0.3 is 0 Å². The van der Waals surface area contributed by atoms with Gasteiger partial charge in [0.05, 0.1) is 0 Å². The first kappa shape index (κ1) is 17.7. The number of hydrogen-bond donors (Lipinski definition) is 2. The van der Waals surface area contributed by atoms with Crippen molar-refractivity contribution in [1.82, 2.24) is 10.3 Å². The minimum atomic E-state index is -0.144. The summed E-state index contributed by atoms with van der Waals surface area (Å²) in [5.41, 5.74) is 2.53. The first-order valence-corrected chi connectivity index (χ1v) is 9.34. The van der Waals surface area contributed by atoms with Crippen molar-refractivity contribution in [1.29, 1.82) is 0 Å². The van der Waals surface area contributed by atoms with Crippen LogP contribution in [0.5, 0.6) is 0 Å². The van der Waals surface area contributed by atoms with E-state index in [9.17, 15) is 4.79 Å². The average Bonchev–Trinajstić information content (AvgIpc) is 2.63. The summed E-state index contributed by atoms with van der Waals surface area (Å²) in [6.45, 7) is 0.557. The molecule has 1 aliphatic rings. The number of halogens is 1. The molecule has 0 atom stereocenters. The Hall–Kier alpha value is -2.07. The first-order chi connectivity index (χ1) is 12.2. The second-order valence-electron chi connectivity index (χ2n) is 6.54. The number of carbonyl (C=O) groups excluding carboxylic acids is 1. The van der Waals surface area contributed by atoms with E-state index in [1.54, 1.807) is 6.20 Å². The SMILES string of the molecule is O=C(NCCc1cccc(Cl)c1)c1cc(NC2CCCCC2)ccn1. The van der Waals surface area contributed by atoms with Gasteiger partial charge in [0, 0.05) is 29.5 Å². The molecule has 0 unspecified atom stereocenters. The smallest absolute Gasteiger partial charge is 0.269 e. The van der Waals surface area contributed by atoms with E-state index >= 15 is 0 Å². The highest BCUT2D eigenvalue weighted by Crippen LogP contribution is 2.21. The van der Waals surface area contributed by atoms with Gasteiger partial charge in [-0.3, -0.25) is 9.78 Å². The van der Waals surface area contributed by atoms with Gasteiger partial charge in [-0.25, -0.2) is 0 Å². The zero-order valence-electron chi connectivity index (χ0n) is 14.3. The zero-order chi connectivity index (χ0) is 17.5. The van der Waals surface area contributed by atoms with Crippen molar-refractivity contribution in [2.45, 2.75) is 44.6 Å². The monoisotopic (exact) mass is 357 g/mol. The summed E-state index contributed by atoms with van der Waals surface area (Å²) in [5, 5.41) is 7.17. The molecule has 1 saturated carbocycles. The molecule has 1 aliphatic carbocycles. The fourth-order valence-corrected chi connectivity index (χ4v) is 3.44. The molecule has 1 aromatic carbocycles. The Bertz CT molecular complexity index is 714. The Morgan fingerprint density at radius 2 is 2.00 bits per heavy atom. The van der Waals surface area contributed by atoms with Gasteiger partial charge < -0.3 is 10.6 Å². The largest absolute Gasteiger partial charge is 0.382 e. The number of amides is 1. The number of benzene rings is 1. The Labute approximate surface area is 154 Å². The highest BCUT2D eigenvalue weighted by Gasteiger charge is 2.14. The molecule has 1 heterocycles. The van der Waals surface area contributed by atoms with Crippen molar-refractivity contribution in [2.75, 3.05) is 11.9 Å². The average molecular weight is 358 g/mol. The summed E-state index contributed by atoms with van der Waals surface area (Å²) in [5.74, 6) is -0.144. The van der Waals surface area contributed by atoms with Gasteiger partial charge in [-0.2, -0.15) is 0 Å². The van der Waals surface area contributed by atoms with Crippen molar-refractivity contribution in [3.05, 3.63) is 58.9 Å². The maximum absolute atomic E-state index is 12.3. The summed E-state index contributed by atoms with van der Waals surface area (Å²) >= 11 is 5.98. The quantitative estimate of drug-likeness (QED) is 0.802. The number of aromatic nitrogens is 1. The molecule has 3 rings (SSSR count). The molecular formula is C20H24ClN3O. The normalized spacial score (nSPS) is 14.9. The fourth-order valence-electron chi connectivity index (χ4n) is 3.23. The third-order valence-electron chi connectivity index (χ3n) is 4.56. The maximum atomic E-state index is 12.3. The van der Waals surface area contributed by atoms with E-state index in [1.165, 1.54) is 32.1 Å². The second-order valence-corrected chi connectivity index (χ2v) is 6.98. The van der Waals surface area contributed by atoms with Crippen LogP contribution in [0.1, 0.15) is 48.2 Å². The minimum Gasteiger partial charge on any atom is -0.382 e. The lowest BCUT2D eigenvalue weighted by Crippen LogP contribution is -2.27. The molecule has 0 bridgehead atoms. The van der Waals surface area contributed by atoms with E-state index < -0.39 is 0 Å². The molecule has 0 aliphatic heterocycles. The van der Waals surface area contributed by atoms with E-state index in [0.717, 1.165) is 17.7 Å². The van der Waals surface area contributed by atoms with Gasteiger partial charge in [-0.1, -0.05) is 43.0 Å². The van der Waals surface area contributed by atoms with E-state index in [4.69, 9.17) is 11.6 Å². The lowest BCUT2D eigenvalue weighted by atomic mass is 9.95. The van der Waals surface area contributed by atoms with Crippen LogP contribution in [0.15, 0.2) is 42.6 Å². The number of pyridine rings is 1. The summed E-state index contributed by atoms with van der Waals surface area (Å²) in [7, 11) is 0. The van der Waals surface area contributed by atoms with Crippen molar-refractivity contribution in [3.63, 3.8) is 0 Å². The molecule has 132 valence electrons. The standard InChI is InChI=1S/C20H24ClN3O/c21-16-6-4-5-15(13-16)9-11-23-20(25)19-14-18(10-12-22-19)24-17-7-2-1-3-8-17/h4-6,10,12-14,17H,1-3,7-9,11H2,(H,22,24)(H,23,25). The van der Waals surface area contributed by atoms with Crippen LogP contribution in [-0.2, 0) is 6.42 Å². The molecule has 1 amide bonds. The summed E-state index contributed by atoms with van der Waals surface area (Å²) < 4.78 is 0. The van der Waals surface area contributed by atoms with Gasteiger partial charge in [0.2, 0.25) is 0 Å². The summed E-state index contributed by atoms with van der Waals surface area (Å²) in [4.78, 5) is 16.5. The molecule has 1 fully saturated rings. The topological polar surface area (TPSA) is 54.0 Å². The molecule has 0 spiro atoms. The molecule has 5 heteroatoms. The number of nitrogens with one attached hydrogen (secondary N) is 2. The minimum absolute atomic E-state index is 0.144. The van der Waals surface area contributed by atoms with Gasteiger partial charge in [0.1, 0.15) is 5.69 Å². The molecule has 1 aromatic heterocycles. The van der Waals surface area contributed by atoms with Crippen molar-refractivity contribution < 1.29 is 4.79 Å². The number of rotatable bonds is 6. The molecule has 0 saturated heterocycles. The van der Waals surface area contributed by atoms with Crippen LogP contribution in [0.3, 0.4) is 0 Å². The van der Waals surface area contributed by atoms with Gasteiger partial charge in [0.25, 0.3) is 5.91 Å². The van der Waals surface area contributed by atoms with Crippen molar-refractivity contribution >= 4 is 23.2 Å². The van der Waals surface area contributed by atoms with E-state index in [-0.39, 0.29) is 5.91 Å². The summed E-state index contributed by atoms with van der Waals surface area (Å²) in [6, 6.07) is 12.0. The maximum Gasteiger partial charge on any atom is 0.269 e. The van der Waals surface area contributed by atoms with E-state index in [2.05, 4.69) is 15.6 Å². The van der Waals surface area contributed by atoms with Crippen molar-refractivity contribution in [2.24, 2.45) is 0 Å². The number of nitrogens with zero attached hydrogens (tertiary/aromatic N) is 1. The molecule has 2 aromatic rings.